The van der Waals surface area contributed by atoms with E-state index in [0.29, 0.717) is 11.8 Å². The van der Waals surface area contributed by atoms with Crippen LogP contribution in [0.15, 0.2) is 18.3 Å². The van der Waals surface area contributed by atoms with Crippen molar-refractivity contribution in [2.45, 2.75) is 32.3 Å². The van der Waals surface area contributed by atoms with Gasteiger partial charge < -0.3 is 4.74 Å². The number of nitrogens with zero attached hydrogens (tertiary/aromatic N) is 1. The van der Waals surface area contributed by atoms with Crippen LogP contribution in [0.2, 0.25) is 5.15 Å². The molecule has 0 bridgehead atoms. The minimum absolute atomic E-state index is 0.559. The predicted molar refractivity (Wildman–Crippen MR) is 60.9 cm³/mol. The Morgan fingerprint density at radius 3 is 2.93 bits per heavy atom. The Balaban J connectivity index is 1.75. The van der Waals surface area contributed by atoms with Crippen LogP contribution < -0.4 is 0 Å². The molecule has 1 aromatic rings. The van der Waals surface area contributed by atoms with E-state index in [1.807, 2.05) is 12.1 Å². The monoisotopic (exact) mass is 225 g/mol. The molecule has 0 amide bonds. The maximum absolute atomic E-state index is 5.93. The normalized spacial score (nSPS) is 17.1. The minimum Gasteiger partial charge on any atom is -0.376 e. The maximum Gasteiger partial charge on any atom is 0.134 e. The van der Waals surface area contributed by atoms with Crippen molar-refractivity contribution in [3.63, 3.8) is 0 Å². The van der Waals surface area contributed by atoms with Crippen molar-refractivity contribution in [2.75, 3.05) is 6.61 Å². The molecule has 15 heavy (non-hydrogen) atoms. The van der Waals surface area contributed by atoms with E-state index in [-0.39, 0.29) is 0 Å². The van der Waals surface area contributed by atoms with E-state index >= 15 is 0 Å². The van der Waals surface area contributed by atoms with E-state index in [2.05, 4.69) is 4.98 Å². The summed E-state index contributed by atoms with van der Waals surface area (Å²) in [6.45, 7) is 1.45. The van der Waals surface area contributed by atoms with Crippen LogP contribution in [-0.4, -0.2) is 11.6 Å². The van der Waals surface area contributed by atoms with Crippen molar-refractivity contribution < 1.29 is 4.74 Å². The molecule has 3 heteroatoms. The minimum atomic E-state index is 0.559. The van der Waals surface area contributed by atoms with Gasteiger partial charge in [-0.05, 0) is 24.8 Å². The topological polar surface area (TPSA) is 22.1 Å². The Hall–Kier alpha value is -0.600. The Bertz CT molecular complexity index is 310. The Labute approximate surface area is 95.6 Å². The molecule has 1 aromatic heterocycles. The molecule has 1 saturated carbocycles. The van der Waals surface area contributed by atoms with Crippen molar-refractivity contribution >= 4 is 11.6 Å². The smallest absolute Gasteiger partial charge is 0.134 e. The lowest BCUT2D eigenvalue weighted by Crippen LogP contribution is -2.05. The summed E-state index contributed by atoms with van der Waals surface area (Å²) < 4.78 is 5.66. The molecule has 1 heterocycles. The van der Waals surface area contributed by atoms with E-state index < -0.39 is 0 Å². The summed E-state index contributed by atoms with van der Waals surface area (Å²) in [4.78, 5) is 4.01. The maximum atomic E-state index is 5.93. The van der Waals surface area contributed by atoms with E-state index in [9.17, 15) is 0 Å². The third-order valence-electron chi connectivity index (χ3n) is 2.92. The zero-order valence-corrected chi connectivity index (χ0v) is 9.54. The SMILES string of the molecule is Clc1ncccc1COCC1CCCC1. The lowest BCUT2D eigenvalue weighted by atomic mass is 10.1. The number of halogens is 1. The fourth-order valence-corrected chi connectivity index (χ4v) is 2.21. The van der Waals surface area contributed by atoms with Crippen LogP contribution in [0.1, 0.15) is 31.2 Å². The summed E-state index contributed by atoms with van der Waals surface area (Å²) in [5.74, 6) is 0.764. The van der Waals surface area contributed by atoms with E-state index in [0.717, 1.165) is 18.1 Å². The summed E-state index contributed by atoms with van der Waals surface area (Å²) >= 11 is 5.93. The fourth-order valence-electron chi connectivity index (χ4n) is 2.04. The van der Waals surface area contributed by atoms with Gasteiger partial charge in [0.2, 0.25) is 0 Å². The average molecular weight is 226 g/mol. The van der Waals surface area contributed by atoms with Gasteiger partial charge in [0.15, 0.2) is 0 Å². The van der Waals surface area contributed by atoms with Gasteiger partial charge in [-0.1, -0.05) is 30.5 Å². The number of ether oxygens (including phenoxy) is 1. The summed E-state index contributed by atoms with van der Waals surface area (Å²) in [6, 6.07) is 3.85. The largest absolute Gasteiger partial charge is 0.376 e. The van der Waals surface area contributed by atoms with Gasteiger partial charge in [-0.3, -0.25) is 0 Å². The Morgan fingerprint density at radius 1 is 1.40 bits per heavy atom. The first-order chi connectivity index (χ1) is 7.36. The van der Waals surface area contributed by atoms with Crippen molar-refractivity contribution in [1.29, 1.82) is 0 Å². The van der Waals surface area contributed by atoms with Gasteiger partial charge in [-0.25, -0.2) is 4.98 Å². The van der Waals surface area contributed by atoms with E-state index in [4.69, 9.17) is 16.3 Å². The standard InChI is InChI=1S/C12H16ClNO/c13-12-11(6-3-7-14-12)9-15-8-10-4-1-2-5-10/h3,6-7,10H,1-2,4-5,8-9H2. The lowest BCUT2D eigenvalue weighted by Gasteiger charge is -2.10. The molecular weight excluding hydrogens is 210 g/mol. The number of hydrogen-bond donors (Lipinski definition) is 0. The number of rotatable bonds is 4. The highest BCUT2D eigenvalue weighted by Gasteiger charge is 2.14. The molecule has 0 aliphatic heterocycles. The molecule has 1 aliphatic carbocycles. The molecule has 0 spiro atoms. The molecule has 0 saturated heterocycles. The lowest BCUT2D eigenvalue weighted by molar-refractivity contribution is 0.0887. The van der Waals surface area contributed by atoms with E-state index in [1.165, 1.54) is 25.7 Å². The fraction of sp³-hybridized carbons (Fsp3) is 0.583. The van der Waals surface area contributed by atoms with Crippen molar-refractivity contribution in [3.8, 4) is 0 Å². The second-order valence-electron chi connectivity index (χ2n) is 4.12. The highest BCUT2D eigenvalue weighted by Crippen LogP contribution is 2.25. The first kappa shape index (κ1) is 10.9. The number of hydrogen-bond acceptors (Lipinski definition) is 2. The van der Waals surface area contributed by atoms with Gasteiger partial charge in [0.05, 0.1) is 6.61 Å². The van der Waals surface area contributed by atoms with Gasteiger partial charge in [-0.2, -0.15) is 0 Å². The highest BCUT2D eigenvalue weighted by atomic mass is 35.5. The molecule has 2 nitrogen and oxygen atoms in total. The van der Waals surface area contributed by atoms with Crippen LogP contribution in [-0.2, 0) is 11.3 Å². The molecule has 0 atom stereocenters. The zero-order chi connectivity index (χ0) is 10.5. The van der Waals surface area contributed by atoms with E-state index in [1.54, 1.807) is 6.20 Å². The predicted octanol–water partition coefficient (Wildman–Crippen LogP) is 3.44. The summed E-state index contributed by atoms with van der Waals surface area (Å²) in [5, 5.41) is 0.559. The van der Waals surface area contributed by atoms with Gasteiger partial charge in [0.25, 0.3) is 0 Å². The molecule has 0 radical (unpaired) electrons. The third-order valence-corrected chi connectivity index (χ3v) is 3.26. The van der Waals surface area contributed by atoms with Crippen LogP contribution >= 0.6 is 11.6 Å². The molecular formula is C12H16ClNO. The molecule has 1 fully saturated rings. The Kier molecular flexibility index (Phi) is 3.98. The molecule has 0 unspecified atom stereocenters. The molecule has 1 aliphatic rings. The van der Waals surface area contributed by atoms with Gasteiger partial charge in [0, 0.05) is 18.4 Å². The van der Waals surface area contributed by atoms with Crippen LogP contribution in [0.3, 0.4) is 0 Å². The summed E-state index contributed by atoms with van der Waals surface area (Å²) in [5.41, 5.74) is 0.983. The number of pyridine rings is 1. The quantitative estimate of drug-likeness (QED) is 0.733. The zero-order valence-electron chi connectivity index (χ0n) is 8.79. The van der Waals surface area contributed by atoms with Gasteiger partial charge in [-0.15, -0.1) is 0 Å². The van der Waals surface area contributed by atoms with Crippen molar-refractivity contribution in [3.05, 3.63) is 29.0 Å². The van der Waals surface area contributed by atoms with Crippen LogP contribution in [0, 0.1) is 5.92 Å². The van der Waals surface area contributed by atoms with Crippen LogP contribution in [0.5, 0.6) is 0 Å². The van der Waals surface area contributed by atoms with Crippen LogP contribution in [0.25, 0.3) is 0 Å². The average Bonchev–Trinajstić information content (AvgIpc) is 2.74. The Morgan fingerprint density at radius 2 is 2.20 bits per heavy atom. The second kappa shape index (κ2) is 5.47. The van der Waals surface area contributed by atoms with Crippen molar-refractivity contribution in [1.82, 2.24) is 4.98 Å². The highest BCUT2D eigenvalue weighted by molar-refractivity contribution is 6.30. The molecule has 2 rings (SSSR count). The van der Waals surface area contributed by atoms with Gasteiger partial charge >= 0.3 is 0 Å². The summed E-state index contributed by atoms with van der Waals surface area (Å²) in [7, 11) is 0. The molecule has 82 valence electrons. The van der Waals surface area contributed by atoms with Crippen molar-refractivity contribution in [2.24, 2.45) is 5.92 Å². The van der Waals surface area contributed by atoms with Gasteiger partial charge in [0.1, 0.15) is 5.15 Å². The molecule has 0 N–H and O–H groups in total. The number of aromatic nitrogens is 1. The third kappa shape index (κ3) is 3.18. The first-order valence-corrected chi connectivity index (χ1v) is 5.91. The molecule has 0 aromatic carbocycles. The second-order valence-corrected chi connectivity index (χ2v) is 4.48. The van der Waals surface area contributed by atoms with Crippen LogP contribution in [0.4, 0.5) is 0 Å². The summed E-state index contributed by atoms with van der Waals surface area (Å²) in [6.07, 6.45) is 7.06. The first-order valence-electron chi connectivity index (χ1n) is 5.53.